The molecule has 4 aliphatic carbocycles. The molecule has 0 aromatic rings. The summed E-state index contributed by atoms with van der Waals surface area (Å²) in [5, 5.41) is 9.56. The largest absolute Gasteiger partial charge is 0.389 e. The Balaban J connectivity index is 1.84. The highest BCUT2D eigenvalue weighted by Crippen LogP contribution is 2.81. The smallest absolute Gasteiger partial charge is 0.161 e. The minimum absolute atomic E-state index is 0.00782. The summed E-state index contributed by atoms with van der Waals surface area (Å²) in [6, 6.07) is 0. The molecule has 4 aliphatic rings. The maximum absolute atomic E-state index is 12.6. The molecule has 0 aromatic carbocycles. The molecule has 3 fully saturated rings. The van der Waals surface area contributed by atoms with Crippen molar-refractivity contribution in [1.29, 1.82) is 0 Å². The van der Waals surface area contributed by atoms with Gasteiger partial charge in [-0.1, -0.05) is 40.2 Å². The lowest BCUT2D eigenvalue weighted by atomic mass is 9.31. The van der Waals surface area contributed by atoms with Gasteiger partial charge >= 0.3 is 0 Å². The van der Waals surface area contributed by atoms with Crippen LogP contribution in [0.2, 0.25) is 0 Å². The number of hydrogen-bond acceptors (Lipinski definition) is 3. The first-order valence-electron chi connectivity index (χ1n) is 10.9. The van der Waals surface area contributed by atoms with Gasteiger partial charge in [0.15, 0.2) is 11.6 Å². The maximum atomic E-state index is 12.6. The van der Waals surface area contributed by atoms with Gasteiger partial charge in [-0.25, -0.2) is 0 Å². The SMILES string of the molecule is C[C@]12CCC3=CC(=O)CC[C@]3(C)[C@]1(C)CC[C@@]1(C)[C@H](C(=O)CO)CC[C@]21C. The van der Waals surface area contributed by atoms with Crippen molar-refractivity contribution in [2.45, 2.75) is 86.0 Å². The summed E-state index contributed by atoms with van der Waals surface area (Å²) in [5.74, 6) is 0.335. The highest BCUT2D eigenvalue weighted by Gasteiger charge is 2.74. The first kappa shape index (κ1) is 19.4. The van der Waals surface area contributed by atoms with E-state index in [0.29, 0.717) is 12.2 Å². The standard InChI is InChI=1S/C24H36O3/c1-20-9-7-17(26)14-16(20)6-10-24(5)22(3)11-8-18(19(27)15-25)21(22,2)12-13-23(20,24)4/h14,18,25H,6-13,15H2,1-5H3/t18-,20-,21-,22-,23-,24+/m0/s1. The fourth-order valence-electron chi connectivity index (χ4n) is 8.56. The zero-order chi connectivity index (χ0) is 19.9. The minimum atomic E-state index is -0.322. The fourth-order valence-corrected chi connectivity index (χ4v) is 8.56. The van der Waals surface area contributed by atoms with Crippen LogP contribution in [0.25, 0.3) is 0 Å². The van der Waals surface area contributed by atoms with E-state index in [2.05, 4.69) is 34.6 Å². The number of fused-ring (bicyclic) bond motifs is 5. The van der Waals surface area contributed by atoms with Gasteiger partial charge in [0, 0.05) is 12.3 Å². The Kier molecular flexibility index (Phi) is 3.98. The molecule has 0 unspecified atom stereocenters. The molecular weight excluding hydrogens is 336 g/mol. The van der Waals surface area contributed by atoms with Crippen molar-refractivity contribution in [1.82, 2.24) is 0 Å². The zero-order valence-electron chi connectivity index (χ0n) is 17.8. The van der Waals surface area contributed by atoms with Gasteiger partial charge in [0.2, 0.25) is 0 Å². The van der Waals surface area contributed by atoms with Gasteiger partial charge in [0.25, 0.3) is 0 Å². The van der Waals surface area contributed by atoms with Crippen molar-refractivity contribution < 1.29 is 14.7 Å². The highest BCUT2D eigenvalue weighted by molar-refractivity contribution is 5.91. The number of ketones is 2. The van der Waals surface area contributed by atoms with E-state index in [4.69, 9.17) is 0 Å². The predicted octanol–water partition coefficient (Wildman–Crippen LogP) is 4.87. The molecule has 3 nitrogen and oxygen atoms in total. The Bertz CT molecular complexity index is 738. The number of aliphatic hydroxyl groups excluding tert-OH is 1. The first-order valence-corrected chi connectivity index (χ1v) is 10.9. The number of rotatable bonds is 2. The average Bonchev–Trinajstić information content (AvgIpc) is 2.91. The van der Waals surface area contributed by atoms with Crippen LogP contribution in [0, 0.1) is 33.0 Å². The molecule has 0 amide bonds. The zero-order valence-corrected chi connectivity index (χ0v) is 17.8. The van der Waals surface area contributed by atoms with Crippen LogP contribution >= 0.6 is 0 Å². The lowest BCUT2D eigenvalue weighted by Crippen LogP contribution is -2.66. The van der Waals surface area contributed by atoms with Gasteiger partial charge in [-0.15, -0.1) is 0 Å². The van der Waals surface area contributed by atoms with Crippen LogP contribution in [0.1, 0.15) is 86.0 Å². The van der Waals surface area contributed by atoms with Gasteiger partial charge in [-0.05, 0) is 78.1 Å². The third-order valence-electron chi connectivity index (χ3n) is 11.1. The Morgan fingerprint density at radius 3 is 2.33 bits per heavy atom. The second kappa shape index (κ2) is 5.55. The highest BCUT2D eigenvalue weighted by atomic mass is 16.3. The van der Waals surface area contributed by atoms with Gasteiger partial charge in [0.05, 0.1) is 0 Å². The number of hydrogen-bond donors (Lipinski definition) is 1. The predicted molar refractivity (Wildman–Crippen MR) is 106 cm³/mol. The molecule has 0 spiro atoms. The topological polar surface area (TPSA) is 54.4 Å². The quantitative estimate of drug-likeness (QED) is 0.752. The van der Waals surface area contributed by atoms with Crippen molar-refractivity contribution in [3.05, 3.63) is 11.6 Å². The Morgan fingerprint density at radius 1 is 0.963 bits per heavy atom. The van der Waals surface area contributed by atoms with Crippen LogP contribution in [0.15, 0.2) is 11.6 Å². The fraction of sp³-hybridized carbons (Fsp3) is 0.833. The molecule has 0 heterocycles. The summed E-state index contributed by atoms with van der Waals surface area (Å²) < 4.78 is 0. The molecule has 3 heteroatoms. The van der Waals surface area contributed by atoms with Crippen molar-refractivity contribution in [3.63, 3.8) is 0 Å². The van der Waals surface area contributed by atoms with Crippen LogP contribution in [0.5, 0.6) is 0 Å². The third-order valence-corrected chi connectivity index (χ3v) is 11.1. The Morgan fingerprint density at radius 2 is 1.67 bits per heavy atom. The average molecular weight is 373 g/mol. The van der Waals surface area contributed by atoms with E-state index in [1.807, 2.05) is 6.08 Å². The molecule has 150 valence electrons. The second-order valence-electron chi connectivity index (χ2n) is 11.1. The van der Waals surface area contributed by atoms with Crippen molar-refractivity contribution >= 4 is 11.6 Å². The number of Topliss-reactive ketones (excluding diaryl/α,β-unsaturated/α-hetero) is 1. The molecule has 27 heavy (non-hydrogen) atoms. The van der Waals surface area contributed by atoms with E-state index in [-0.39, 0.29) is 45.4 Å². The summed E-state index contributed by atoms with van der Waals surface area (Å²) in [7, 11) is 0. The van der Waals surface area contributed by atoms with E-state index >= 15 is 0 Å². The summed E-state index contributed by atoms with van der Waals surface area (Å²) in [6.45, 7) is 11.9. The van der Waals surface area contributed by atoms with E-state index < -0.39 is 0 Å². The van der Waals surface area contributed by atoms with Crippen LogP contribution in [-0.2, 0) is 9.59 Å². The van der Waals surface area contributed by atoms with E-state index in [1.54, 1.807) is 0 Å². The summed E-state index contributed by atoms with van der Waals surface area (Å²) >= 11 is 0. The van der Waals surface area contributed by atoms with Crippen LogP contribution in [0.4, 0.5) is 0 Å². The first-order chi connectivity index (χ1) is 12.5. The van der Waals surface area contributed by atoms with Crippen molar-refractivity contribution in [2.75, 3.05) is 6.61 Å². The van der Waals surface area contributed by atoms with Crippen LogP contribution in [0.3, 0.4) is 0 Å². The molecule has 0 aromatic heterocycles. The Labute approximate surface area is 164 Å². The van der Waals surface area contributed by atoms with Crippen molar-refractivity contribution in [3.8, 4) is 0 Å². The van der Waals surface area contributed by atoms with E-state index in [1.165, 1.54) is 5.57 Å². The molecular formula is C24H36O3. The number of aliphatic hydroxyl groups is 1. The molecule has 0 radical (unpaired) electrons. The number of allylic oxidation sites excluding steroid dienone is 1. The lowest BCUT2D eigenvalue weighted by molar-refractivity contribution is -0.226. The molecule has 0 saturated heterocycles. The van der Waals surface area contributed by atoms with Crippen LogP contribution in [-0.4, -0.2) is 23.3 Å². The normalized spacial score (nSPS) is 51.9. The molecule has 0 aliphatic heterocycles. The van der Waals surface area contributed by atoms with E-state index in [9.17, 15) is 14.7 Å². The van der Waals surface area contributed by atoms with E-state index in [0.717, 1.165) is 44.9 Å². The number of carbonyl (C=O) groups is 2. The minimum Gasteiger partial charge on any atom is -0.389 e. The van der Waals surface area contributed by atoms with Gasteiger partial charge in [-0.3, -0.25) is 9.59 Å². The van der Waals surface area contributed by atoms with Crippen molar-refractivity contribution in [2.24, 2.45) is 33.0 Å². The molecule has 4 rings (SSSR count). The molecule has 3 saturated carbocycles. The Hall–Kier alpha value is -0.960. The summed E-state index contributed by atoms with van der Waals surface area (Å²) in [6.07, 6.45) is 9.85. The van der Waals surface area contributed by atoms with Gasteiger partial charge in [0.1, 0.15) is 6.61 Å². The summed E-state index contributed by atoms with van der Waals surface area (Å²) in [5.41, 5.74) is 1.77. The van der Waals surface area contributed by atoms with Gasteiger partial charge in [-0.2, -0.15) is 0 Å². The molecule has 6 atom stereocenters. The molecule has 1 N–H and O–H groups in total. The third kappa shape index (κ3) is 1.97. The van der Waals surface area contributed by atoms with Gasteiger partial charge < -0.3 is 5.11 Å². The maximum Gasteiger partial charge on any atom is 0.161 e. The lowest BCUT2D eigenvalue weighted by Gasteiger charge is -2.73. The number of carbonyl (C=O) groups excluding carboxylic acids is 2. The summed E-state index contributed by atoms with van der Waals surface area (Å²) in [4.78, 5) is 24.7. The monoisotopic (exact) mass is 372 g/mol. The molecule has 0 bridgehead atoms. The second-order valence-corrected chi connectivity index (χ2v) is 11.1. The van der Waals surface area contributed by atoms with Crippen LogP contribution < -0.4 is 0 Å².